The first-order valence-corrected chi connectivity index (χ1v) is 25.3. The lowest BCUT2D eigenvalue weighted by molar-refractivity contribution is -0.140. The Labute approximate surface area is 423 Å². The summed E-state index contributed by atoms with van der Waals surface area (Å²) < 4.78 is 48.0. The van der Waals surface area contributed by atoms with E-state index in [4.69, 9.17) is 24.9 Å². The standard InChI is InChI=1S/C51H68F2N8O10S/c1-35(62)61(48(51(2,3)4)49-57-41(39-28-38(52)12-13-40(39)53)33-58(49)31-36-10-6-5-7-11-36)32-37(30-54)34-72-42-29-47(67)60(50(42)68)21-17-44(64)56-19-9-23-70-25-27-71-26-24-69-22-8-18-55-43(63)16-20-59-45(65)14-15-46(59)66/h5-7,10-15,28,33,37,42,48H,8-9,16-27,29-32,34,54H2,1-4H3,(H,55,63)(H,56,64). The van der Waals surface area contributed by atoms with E-state index in [9.17, 15) is 38.0 Å². The predicted molar refractivity (Wildman–Crippen MR) is 266 cm³/mol. The molecule has 5 rings (SSSR count). The molecular weight excluding hydrogens is 955 g/mol. The molecule has 2 aromatic carbocycles. The number of hydrogen-bond acceptors (Lipinski definition) is 13. The number of amides is 7. The molecule has 72 heavy (non-hydrogen) atoms. The fourth-order valence-corrected chi connectivity index (χ4v) is 9.41. The quantitative estimate of drug-likeness (QED) is 0.0613. The Bertz CT molecular complexity index is 2350. The fourth-order valence-electron chi connectivity index (χ4n) is 8.13. The molecule has 0 aliphatic carbocycles. The summed E-state index contributed by atoms with van der Waals surface area (Å²) in [5, 5.41) is 4.85. The van der Waals surface area contributed by atoms with E-state index < -0.39 is 40.2 Å². The molecule has 4 N–H and O–H groups in total. The van der Waals surface area contributed by atoms with Crippen LogP contribution in [0.4, 0.5) is 8.78 Å². The van der Waals surface area contributed by atoms with E-state index in [0.717, 1.165) is 33.6 Å². The highest BCUT2D eigenvalue weighted by Crippen LogP contribution is 2.40. The molecule has 0 bridgehead atoms. The number of nitrogens with two attached hydrogens (primary N) is 1. The van der Waals surface area contributed by atoms with E-state index in [1.165, 1.54) is 30.8 Å². The zero-order valence-electron chi connectivity index (χ0n) is 41.6. The number of carbonyl (C=O) groups excluding carboxylic acids is 7. The molecule has 1 fully saturated rings. The van der Waals surface area contributed by atoms with E-state index in [1.807, 2.05) is 55.7 Å². The lowest BCUT2D eigenvalue weighted by atomic mass is 9.84. The van der Waals surface area contributed by atoms with Gasteiger partial charge in [-0.15, -0.1) is 11.8 Å². The molecule has 3 aromatic rings. The zero-order valence-corrected chi connectivity index (χ0v) is 42.4. The number of rotatable bonds is 31. The summed E-state index contributed by atoms with van der Waals surface area (Å²) in [6.45, 7) is 11.1. The van der Waals surface area contributed by atoms with Gasteiger partial charge in [0.05, 0.1) is 43.4 Å². The summed E-state index contributed by atoms with van der Waals surface area (Å²) in [4.78, 5) is 96.5. The van der Waals surface area contributed by atoms with Crippen LogP contribution in [0.5, 0.6) is 0 Å². The number of benzene rings is 2. The second-order valence-corrected chi connectivity index (χ2v) is 19.8. The van der Waals surface area contributed by atoms with Crippen molar-refractivity contribution in [1.29, 1.82) is 0 Å². The summed E-state index contributed by atoms with van der Waals surface area (Å²) in [6, 6.07) is 12.2. The van der Waals surface area contributed by atoms with Gasteiger partial charge in [-0.2, -0.15) is 0 Å². The fraction of sp³-hybridized carbons (Fsp3) is 0.529. The number of imidazole rings is 1. The Morgan fingerprint density at radius 2 is 1.43 bits per heavy atom. The van der Waals surface area contributed by atoms with Gasteiger partial charge in [-0.3, -0.25) is 43.4 Å². The third-order valence-corrected chi connectivity index (χ3v) is 13.3. The third-order valence-electron chi connectivity index (χ3n) is 11.9. The van der Waals surface area contributed by atoms with Gasteiger partial charge in [0.1, 0.15) is 17.5 Å². The molecule has 21 heteroatoms. The largest absolute Gasteiger partial charge is 0.379 e. The number of aromatic nitrogens is 2. The van der Waals surface area contributed by atoms with Crippen molar-refractivity contribution in [2.45, 2.75) is 77.6 Å². The van der Waals surface area contributed by atoms with Crippen molar-refractivity contribution < 1.29 is 56.6 Å². The Balaban J connectivity index is 0.984. The first kappa shape index (κ1) is 57.0. The minimum atomic E-state index is -0.674. The lowest BCUT2D eigenvalue weighted by Gasteiger charge is -2.41. The van der Waals surface area contributed by atoms with Gasteiger partial charge in [0.2, 0.25) is 29.5 Å². The van der Waals surface area contributed by atoms with Gasteiger partial charge in [0.15, 0.2) is 0 Å². The first-order chi connectivity index (χ1) is 34.5. The number of halogens is 2. The summed E-state index contributed by atoms with van der Waals surface area (Å²) >= 11 is 1.30. The van der Waals surface area contributed by atoms with Gasteiger partial charge < -0.3 is 40.0 Å². The smallest absolute Gasteiger partial charge is 0.253 e. The normalized spacial score (nSPS) is 15.7. The van der Waals surface area contributed by atoms with Crippen molar-refractivity contribution in [3.05, 3.63) is 89.9 Å². The van der Waals surface area contributed by atoms with E-state index in [2.05, 4.69) is 10.6 Å². The Kier molecular flexibility index (Phi) is 22.5. The van der Waals surface area contributed by atoms with Gasteiger partial charge in [-0.1, -0.05) is 51.1 Å². The predicted octanol–water partition coefficient (Wildman–Crippen LogP) is 4.02. The summed E-state index contributed by atoms with van der Waals surface area (Å²) in [7, 11) is 0. The highest BCUT2D eigenvalue weighted by atomic mass is 32.2. The number of hydrogen-bond donors (Lipinski definition) is 3. The van der Waals surface area contributed by atoms with Crippen molar-refractivity contribution in [1.82, 2.24) is 34.9 Å². The molecule has 18 nitrogen and oxygen atoms in total. The molecule has 0 spiro atoms. The van der Waals surface area contributed by atoms with Crippen molar-refractivity contribution in [3.63, 3.8) is 0 Å². The summed E-state index contributed by atoms with van der Waals surface area (Å²) in [5.74, 6) is -3.09. The van der Waals surface area contributed by atoms with Gasteiger partial charge in [0, 0.05) is 103 Å². The highest BCUT2D eigenvalue weighted by molar-refractivity contribution is 8.00. The minimum Gasteiger partial charge on any atom is -0.379 e. The number of nitrogens with one attached hydrogen (secondary N) is 2. The second kappa shape index (κ2) is 28.4. The van der Waals surface area contributed by atoms with E-state index in [1.54, 1.807) is 11.1 Å². The van der Waals surface area contributed by atoms with Crippen LogP contribution < -0.4 is 16.4 Å². The molecule has 2 aliphatic rings. The van der Waals surface area contributed by atoms with Crippen LogP contribution in [0.15, 0.2) is 66.9 Å². The Hall–Kier alpha value is -5.87. The maximum Gasteiger partial charge on any atom is 0.253 e. The van der Waals surface area contributed by atoms with Crippen LogP contribution in [0.3, 0.4) is 0 Å². The average Bonchev–Trinajstić information content (AvgIpc) is 3.98. The highest BCUT2D eigenvalue weighted by Gasteiger charge is 2.41. The molecule has 3 unspecified atom stereocenters. The van der Waals surface area contributed by atoms with Crippen LogP contribution in [0.25, 0.3) is 11.3 Å². The van der Waals surface area contributed by atoms with Crippen molar-refractivity contribution in [2.75, 3.05) is 84.7 Å². The SMILES string of the molecule is CC(=O)N(CC(CN)CSC1CC(=O)N(CCC(=O)NCCCOCCOCCOCCCNC(=O)CCN2C(=O)C=CC2=O)C1=O)C(c1nc(-c2cc(F)ccc2F)cn1Cc1ccccc1)C(C)(C)C. The van der Waals surface area contributed by atoms with Crippen LogP contribution in [0.2, 0.25) is 0 Å². The number of ether oxygens (including phenoxy) is 3. The van der Waals surface area contributed by atoms with E-state index in [0.29, 0.717) is 83.7 Å². The van der Waals surface area contributed by atoms with Crippen LogP contribution >= 0.6 is 11.8 Å². The first-order valence-electron chi connectivity index (χ1n) is 24.3. The van der Waals surface area contributed by atoms with E-state index >= 15 is 4.39 Å². The Morgan fingerprint density at radius 1 is 0.847 bits per heavy atom. The topological polar surface area (TPSA) is 225 Å². The Morgan fingerprint density at radius 3 is 2.00 bits per heavy atom. The van der Waals surface area contributed by atoms with Crippen molar-refractivity contribution in [2.24, 2.45) is 17.1 Å². The van der Waals surface area contributed by atoms with Gasteiger partial charge in [-0.05, 0) is 60.2 Å². The molecule has 2 aliphatic heterocycles. The third kappa shape index (κ3) is 17.4. The molecule has 1 saturated heterocycles. The van der Waals surface area contributed by atoms with Crippen LogP contribution in [-0.2, 0) is 54.3 Å². The second-order valence-electron chi connectivity index (χ2n) is 18.6. The molecule has 392 valence electrons. The minimum absolute atomic E-state index is 0.00443. The van der Waals surface area contributed by atoms with E-state index in [-0.39, 0.29) is 92.2 Å². The molecule has 3 heterocycles. The monoisotopic (exact) mass is 1020 g/mol. The summed E-state index contributed by atoms with van der Waals surface area (Å²) in [5.41, 5.74) is 6.87. The maximum atomic E-state index is 15.1. The maximum absolute atomic E-state index is 15.1. The molecule has 3 atom stereocenters. The zero-order chi connectivity index (χ0) is 52.2. The van der Waals surface area contributed by atoms with Gasteiger partial charge >= 0.3 is 0 Å². The summed E-state index contributed by atoms with van der Waals surface area (Å²) in [6.07, 6.45) is 5.14. The van der Waals surface area contributed by atoms with Gasteiger partial charge in [-0.25, -0.2) is 13.8 Å². The molecule has 0 saturated carbocycles. The number of likely N-dealkylation sites (tertiary alicyclic amines) is 1. The molecule has 0 radical (unpaired) electrons. The van der Waals surface area contributed by atoms with Crippen LogP contribution in [-0.4, -0.2) is 156 Å². The van der Waals surface area contributed by atoms with Crippen molar-refractivity contribution >= 4 is 53.1 Å². The van der Waals surface area contributed by atoms with Gasteiger partial charge in [0.25, 0.3) is 11.8 Å². The molecule has 1 aromatic heterocycles. The van der Waals surface area contributed by atoms with Crippen molar-refractivity contribution in [3.8, 4) is 11.3 Å². The lowest BCUT2D eigenvalue weighted by Crippen LogP contribution is -2.45. The molecular formula is C51H68F2N8O10S. The van der Waals surface area contributed by atoms with Crippen LogP contribution in [0.1, 0.15) is 77.2 Å². The number of thioether (sulfide) groups is 1. The van der Waals surface area contributed by atoms with Crippen LogP contribution in [0, 0.1) is 23.0 Å². The number of imide groups is 2. The molecule has 7 amide bonds. The number of carbonyl (C=O) groups is 7. The average molecular weight is 1020 g/mol. The number of nitrogens with zero attached hydrogens (tertiary/aromatic N) is 5.